The number of carbonyl (C=O) groups excluding carboxylic acids is 2. The first kappa shape index (κ1) is 31.9. The number of nitrogens with zero attached hydrogens (tertiary/aromatic N) is 3. The summed E-state index contributed by atoms with van der Waals surface area (Å²) in [6, 6.07) is 18.4. The zero-order chi connectivity index (χ0) is 31.2. The normalized spacial score (nSPS) is 15.1. The second-order valence-corrected chi connectivity index (χ2v) is 12.7. The Balaban J connectivity index is 1.39. The van der Waals surface area contributed by atoms with E-state index in [1.54, 1.807) is 72.8 Å². The number of halogens is 4. The van der Waals surface area contributed by atoms with Gasteiger partial charge in [-0.2, -0.15) is 5.10 Å². The fraction of sp³-hybridized carbons (Fsp3) is 0.0667. The largest absolute Gasteiger partial charge is 0.506 e. The summed E-state index contributed by atoms with van der Waals surface area (Å²) in [7, 11) is 0. The van der Waals surface area contributed by atoms with E-state index in [1.165, 1.54) is 17.4 Å². The third-order valence-electron chi connectivity index (χ3n) is 5.93. The van der Waals surface area contributed by atoms with Crippen molar-refractivity contribution in [3.8, 4) is 11.5 Å². The standard InChI is InChI=1S/C30H20Br2Cl2N4O5S/c31-19-10-18(28(40)24(32)13-19)14-35-37-30-38(15-23-2-1-9-42-23)29(41)26(44-30)12-17-11-21(34)5-8-25(17)43-16-27(39)36-22-6-3-20(33)4-7-22/h1-14,40H,15-16H2,(H,36,39)/b26-12-,35-14+,37-30-. The van der Waals surface area contributed by atoms with Gasteiger partial charge in [-0.15, -0.1) is 5.10 Å². The number of furan rings is 1. The van der Waals surface area contributed by atoms with Gasteiger partial charge in [-0.25, -0.2) is 0 Å². The van der Waals surface area contributed by atoms with Crippen LogP contribution in [0.2, 0.25) is 10.0 Å². The quantitative estimate of drug-likeness (QED) is 0.100. The molecular weight excluding hydrogens is 759 g/mol. The van der Waals surface area contributed by atoms with Crippen molar-refractivity contribution in [2.75, 3.05) is 11.9 Å². The van der Waals surface area contributed by atoms with E-state index in [4.69, 9.17) is 32.4 Å². The van der Waals surface area contributed by atoms with Crippen LogP contribution in [-0.2, 0) is 16.1 Å². The Bertz CT molecular complexity index is 1800. The predicted molar refractivity (Wildman–Crippen MR) is 180 cm³/mol. The number of amidine groups is 1. The van der Waals surface area contributed by atoms with Crippen molar-refractivity contribution in [2.45, 2.75) is 6.54 Å². The monoisotopic (exact) mass is 776 g/mol. The zero-order valence-corrected chi connectivity index (χ0v) is 27.8. The molecule has 2 heterocycles. The third-order valence-corrected chi connectivity index (χ3v) is 8.47. The number of phenolic OH excluding ortho intramolecular Hbond substituents is 1. The van der Waals surface area contributed by atoms with Gasteiger partial charge < -0.3 is 19.6 Å². The molecule has 1 aliphatic heterocycles. The van der Waals surface area contributed by atoms with Gasteiger partial charge in [-0.3, -0.25) is 14.5 Å². The number of phenols is 1. The lowest BCUT2D eigenvalue weighted by molar-refractivity contribution is -0.122. The molecule has 4 aromatic rings. The molecule has 44 heavy (non-hydrogen) atoms. The first-order valence-corrected chi connectivity index (χ1v) is 15.8. The van der Waals surface area contributed by atoms with Crippen LogP contribution in [0.25, 0.3) is 6.08 Å². The van der Waals surface area contributed by atoms with E-state index in [0.29, 0.717) is 47.7 Å². The van der Waals surface area contributed by atoms with E-state index in [2.05, 4.69) is 47.4 Å². The highest BCUT2D eigenvalue weighted by molar-refractivity contribution is 9.11. The minimum absolute atomic E-state index is 0.00402. The summed E-state index contributed by atoms with van der Waals surface area (Å²) >= 11 is 20.0. The van der Waals surface area contributed by atoms with E-state index in [0.717, 1.165) is 16.2 Å². The van der Waals surface area contributed by atoms with Gasteiger partial charge in [0.05, 0.1) is 28.4 Å². The molecule has 1 aliphatic rings. The number of aromatic hydroxyl groups is 1. The summed E-state index contributed by atoms with van der Waals surface area (Å²) in [5.74, 6) is 0.158. The average Bonchev–Trinajstić information content (AvgIpc) is 3.60. The highest BCUT2D eigenvalue weighted by atomic mass is 79.9. The van der Waals surface area contributed by atoms with Crippen LogP contribution < -0.4 is 10.1 Å². The first-order chi connectivity index (χ1) is 21.2. The van der Waals surface area contributed by atoms with Crippen LogP contribution in [0, 0.1) is 0 Å². The molecule has 0 bridgehead atoms. The smallest absolute Gasteiger partial charge is 0.267 e. The SMILES string of the molecule is O=C(COc1ccc(Cl)cc1/C=C1\S/C(=N\N=C\c2cc(Br)cc(Br)c2O)N(Cc2ccco2)C1=O)Nc1ccc(Cl)cc1. The van der Waals surface area contributed by atoms with Crippen molar-refractivity contribution in [3.05, 3.63) is 114 Å². The zero-order valence-electron chi connectivity index (χ0n) is 22.3. The Labute approximate surface area is 282 Å². The van der Waals surface area contributed by atoms with Crippen molar-refractivity contribution >= 4 is 102 Å². The molecule has 1 saturated heterocycles. The summed E-state index contributed by atoms with van der Waals surface area (Å²) in [6.45, 7) is -0.173. The maximum atomic E-state index is 13.6. The van der Waals surface area contributed by atoms with Gasteiger partial charge >= 0.3 is 0 Å². The van der Waals surface area contributed by atoms with Gasteiger partial charge in [-0.1, -0.05) is 39.1 Å². The molecule has 14 heteroatoms. The maximum Gasteiger partial charge on any atom is 0.267 e. The van der Waals surface area contributed by atoms with E-state index >= 15 is 0 Å². The number of nitrogens with one attached hydrogen (secondary N) is 1. The molecule has 1 fully saturated rings. The minimum Gasteiger partial charge on any atom is -0.506 e. The lowest BCUT2D eigenvalue weighted by Gasteiger charge is -2.13. The van der Waals surface area contributed by atoms with Crippen molar-refractivity contribution in [1.82, 2.24) is 4.90 Å². The van der Waals surface area contributed by atoms with Crippen molar-refractivity contribution in [1.29, 1.82) is 0 Å². The fourth-order valence-corrected chi connectivity index (χ4v) is 6.37. The molecular formula is C30H20Br2Cl2N4O5S. The minimum atomic E-state index is -0.382. The molecule has 9 nitrogen and oxygen atoms in total. The predicted octanol–water partition coefficient (Wildman–Crippen LogP) is 8.34. The average molecular weight is 779 g/mol. The van der Waals surface area contributed by atoms with Crippen LogP contribution in [0.15, 0.2) is 101 Å². The van der Waals surface area contributed by atoms with Gasteiger partial charge in [0.2, 0.25) is 0 Å². The number of hydrogen-bond donors (Lipinski definition) is 2. The fourth-order valence-electron chi connectivity index (χ4n) is 3.88. The van der Waals surface area contributed by atoms with E-state index in [9.17, 15) is 14.7 Å². The Kier molecular flexibility index (Phi) is 10.5. The molecule has 2 N–H and O–H groups in total. The van der Waals surface area contributed by atoms with E-state index in [-0.39, 0.29) is 35.9 Å². The number of ether oxygens (including phenoxy) is 1. The highest BCUT2D eigenvalue weighted by Crippen LogP contribution is 2.36. The van der Waals surface area contributed by atoms with Crippen LogP contribution >= 0.6 is 66.8 Å². The summed E-state index contributed by atoms with van der Waals surface area (Å²) in [5.41, 5.74) is 1.47. The second kappa shape index (κ2) is 14.5. The molecule has 0 unspecified atom stereocenters. The Hall–Kier alpha value is -3.55. The number of anilines is 1. The molecule has 0 spiro atoms. The lowest BCUT2D eigenvalue weighted by atomic mass is 10.2. The molecule has 0 radical (unpaired) electrons. The Morgan fingerprint density at radius 1 is 1.07 bits per heavy atom. The number of thioether (sulfide) groups is 1. The molecule has 3 aromatic carbocycles. The van der Waals surface area contributed by atoms with Crippen LogP contribution in [-0.4, -0.2) is 39.8 Å². The van der Waals surface area contributed by atoms with Crippen molar-refractivity contribution in [2.24, 2.45) is 10.2 Å². The van der Waals surface area contributed by atoms with Crippen LogP contribution in [0.1, 0.15) is 16.9 Å². The molecule has 1 aromatic heterocycles. The number of benzene rings is 3. The maximum absolute atomic E-state index is 13.6. The number of rotatable bonds is 9. The van der Waals surface area contributed by atoms with Gasteiger partial charge in [0, 0.05) is 31.3 Å². The Morgan fingerprint density at radius 3 is 2.59 bits per heavy atom. The second-order valence-electron chi connectivity index (χ2n) is 9.06. The number of hydrogen-bond acceptors (Lipinski definition) is 8. The topological polar surface area (TPSA) is 117 Å². The summed E-state index contributed by atoms with van der Waals surface area (Å²) in [5, 5.41) is 22.7. The van der Waals surface area contributed by atoms with Gasteiger partial charge in [0.1, 0.15) is 17.3 Å². The lowest BCUT2D eigenvalue weighted by Crippen LogP contribution is -2.28. The third kappa shape index (κ3) is 8.13. The molecule has 0 aliphatic carbocycles. The highest BCUT2D eigenvalue weighted by Gasteiger charge is 2.34. The van der Waals surface area contributed by atoms with Gasteiger partial charge in [-0.05, 0) is 100 Å². The van der Waals surface area contributed by atoms with E-state index in [1.807, 2.05) is 0 Å². The Morgan fingerprint density at radius 2 is 1.84 bits per heavy atom. The van der Waals surface area contributed by atoms with Gasteiger partial charge in [0.25, 0.3) is 11.8 Å². The summed E-state index contributed by atoms with van der Waals surface area (Å²) in [4.78, 5) is 27.8. The van der Waals surface area contributed by atoms with Gasteiger partial charge in [0.15, 0.2) is 11.8 Å². The molecule has 2 amide bonds. The van der Waals surface area contributed by atoms with Crippen LogP contribution in [0.5, 0.6) is 11.5 Å². The van der Waals surface area contributed by atoms with Crippen LogP contribution in [0.3, 0.4) is 0 Å². The summed E-state index contributed by atoms with van der Waals surface area (Å²) in [6.07, 6.45) is 4.51. The molecule has 224 valence electrons. The molecule has 0 atom stereocenters. The van der Waals surface area contributed by atoms with E-state index < -0.39 is 0 Å². The van der Waals surface area contributed by atoms with Crippen molar-refractivity contribution in [3.63, 3.8) is 0 Å². The molecule has 0 saturated carbocycles. The first-order valence-electron chi connectivity index (χ1n) is 12.7. The number of amides is 2. The summed E-state index contributed by atoms with van der Waals surface area (Å²) < 4.78 is 12.5. The molecule has 5 rings (SSSR count). The number of carbonyl (C=O) groups is 2. The van der Waals surface area contributed by atoms with Crippen molar-refractivity contribution < 1.29 is 23.8 Å². The van der Waals surface area contributed by atoms with Crippen LogP contribution in [0.4, 0.5) is 5.69 Å².